The molecule has 1 N–H and O–H groups in total. The van der Waals surface area contributed by atoms with Crippen molar-refractivity contribution in [2.45, 2.75) is 26.8 Å². The summed E-state index contributed by atoms with van der Waals surface area (Å²) < 4.78 is 15.4. The fourth-order valence-electron chi connectivity index (χ4n) is 1.69. The molecular formula is C13H16FN3. The van der Waals surface area contributed by atoms with Crippen molar-refractivity contribution in [3.05, 3.63) is 42.0 Å². The zero-order valence-electron chi connectivity index (χ0n) is 10.2. The van der Waals surface area contributed by atoms with Gasteiger partial charge in [0.1, 0.15) is 5.82 Å². The number of hydrogen-bond acceptors (Lipinski definition) is 2. The molecule has 0 aliphatic heterocycles. The van der Waals surface area contributed by atoms with Crippen LogP contribution in [-0.2, 0) is 0 Å². The number of nitrogens with zero attached hydrogens (tertiary/aromatic N) is 2. The molecule has 2 aromatic rings. The second kappa shape index (κ2) is 4.57. The maximum Gasteiger partial charge on any atom is 0.207 e. The van der Waals surface area contributed by atoms with Gasteiger partial charge in [0, 0.05) is 29.7 Å². The summed E-state index contributed by atoms with van der Waals surface area (Å²) in [5, 5.41) is 3.15. The first-order valence-corrected chi connectivity index (χ1v) is 5.64. The summed E-state index contributed by atoms with van der Waals surface area (Å²) in [5.74, 6) is 0.520. The van der Waals surface area contributed by atoms with Crippen molar-refractivity contribution in [2.75, 3.05) is 5.32 Å². The average Bonchev–Trinajstić information content (AvgIpc) is 2.73. The summed E-state index contributed by atoms with van der Waals surface area (Å²) in [5.41, 5.74) is 1.35. The highest BCUT2D eigenvalue weighted by Gasteiger charge is 2.08. The van der Waals surface area contributed by atoms with Gasteiger partial charge in [-0.3, -0.25) is 0 Å². The first-order valence-electron chi connectivity index (χ1n) is 5.64. The number of benzene rings is 1. The Morgan fingerprint density at radius 3 is 2.82 bits per heavy atom. The highest BCUT2D eigenvalue weighted by molar-refractivity contribution is 5.58. The summed E-state index contributed by atoms with van der Waals surface area (Å²) in [4.78, 5) is 4.23. The Bertz CT molecular complexity index is 517. The van der Waals surface area contributed by atoms with Crippen LogP contribution in [0.15, 0.2) is 30.6 Å². The van der Waals surface area contributed by atoms with Crippen molar-refractivity contribution in [3.63, 3.8) is 0 Å². The van der Waals surface area contributed by atoms with E-state index >= 15 is 0 Å². The minimum Gasteiger partial charge on any atom is -0.325 e. The van der Waals surface area contributed by atoms with Crippen molar-refractivity contribution < 1.29 is 4.39 Å². The molecule has 0 bridgehead atoms. The largest absolute Gasteiger partial charge is 0.325 e. The highest BCUT2D eigenvalue weighted by Crippen LogP contribution is 2.22. The van der Waals surface area contributed by atoms with E-state index in [-0.39, 0.29) is 5.82 Å². The van der Waals surface area contributed by atoms with Gasteiger partial charge in [-0.1, -0.05) is 6.07 Å². The molecule has 2 rings (SSSR count). The normalized spacial score (nSPS) is 10.9. The number of hydrogen-bond donors (Lipinski definition) is 1. The molecule has 0 aliphatic carbocycles. The zero-order valence-corrected chi connectivity index (χ0v) is 10.2. The molecule has 1 aromatic heterocycles. The lowest BCUT2D eigenvalue weighted by atomic mass is 10.2. The molecule has 0 amide bonds. The topological polar surface area (TPSA) is 29.9 Å². The van der Waals surface area contributed by atoms with Gasteiger partial charge in [-0.15, -0.1) is 0 Å². The van der Waals surface area contributed by atoms with Crippen LogP contribution < -0.4 is 5.32 Å². The van der Waals surface area contributed by atoms with Crippen LogP contribution in [-0.4, -0.2) is 9.55 Å². The van der Waals surface area contributed by atoms with Crippen LogP contribution in [0.1, 0.15) is 25.5 Å². The molecule has 0 unspecified atom stereocenters. The molecule has 0 fully saturated rings. The lowest BCUT2D eigenvalue weighted by molar-refractivity contribution is 0.607. The third kappa shape index (κ3) is 2.30. The number of halogens is 1. The SMILES string of the molecule is Cc1c(F)cccc1Nc1nccn1C(C)C. The van der Waals surface area contributed by atoms with E-state index in [1.165, 1.54) is 6.07 Å². The van der Waals surface area contributed by atoms with Crippen LogP contribution in [0.2, 0.25) is 0 Å². The van der Waals surface area contributed by atoms with Gasteiger partial charge in [-0.2, -0.15) is 0 Å². The van der Waals surface area contributed by atoms with E-state index < -0.39 is 0 Å². The van der Waals surface area contributed by atoms with E-state index in [9.17, 15) is 4.39 Å². The summed E-state index contributed by atoms with van der Waals surface area (Å²) in [6.07, 6.45) is 3.64. The number of aromatic nitrogens is 2. The van der Waals surface area contributed by atoms with Gasteiger partial charge in [-0.25, -0.2) is 9.37 Å². The predicted octanol–water partition coefficient (Wildman–Crippen LogP) is 3.66. The van der Waals surface area contributed by atoms with Crippen LogP contribution in [0.4, 0.5) is 16.0 Å². The first-order chi connectivity index (χ1) is 8.09. The smallest absolute Gasteiger partial charge is 0.207 e. The highest BCUT2D eigenvalue weighted by atomic mass is 19.1. The van der Waals surface area contributed by atoms with Crippen molar-refractivity contribution >= 4 is 11.6 Å². The molecule has 0 aliphatic rings. The molecule has 0 saturated heterocycles. The summed E-state index contributed by atoms with van der Waals surface area (Å²) in [6, 6.07) is 5.30. The maximum atomic E-state index is 13.4. The van der Waals surface area contributed by atoms with E-state index in [0.29, 0.717) is 11.6 Å². The second-order valence-corrected chi connectivity index (χ2v) is 4.29. The van der Waals surface area contributed by atoms with Crippen LogP contribution in [0.5, 0.6) is 0 Å². The second-order valence-electron chi connectivity index (χ2n) is 4.29. The van der Waals surface area contributed by atoms with Gasteiger partial charge in [0.25, 0.3) is 0 Å². The fourth-order valence-corrected chi connectivity index (χ4v) is 1.69. The zero-order chi connectivity index (χ0) is 12.4. The van der Waals surface area contributed by atoms with Crippen molar-refractivity contribution in [2.24, 2.45) is 0 Å². The Morgan fingerprint density at radius 2 is 2.12 bits per heavy atom. The Labute approximate surface area is 100 Å². The minimum atomic E-state index is -0.211. The van der Waals surface area contributed by atoms with E-state index in [0.717, 1.165) is 11.6 Å². The average molecular weight is 233 g/mol. The Kier molecular flexibility index (Phi) is 3.13. The molecule has 3 nitrogen and oxygen atoms in total. The van der Waals surface area contributed by atoms with Crippen molar-refractivity contribution in [3.8, 4) is 0 Å². The third-order valence-electron chi connectivity index (χ3n) is 2.74. The predicted molar refractivity (Wildman–Crippen MR) is 67.0 cm³/mol. The molecular weight excluding hydrogens is 217 g/mol. The molecule has 0 radical (unpaired) electrons. The molecule has 4 heteroatoms. The van der Waals surface area contributed by atoms with Gasteiger partial charge < -0.3 is 9.88 Å². The lowest BCUT2D eigenvalue weighted by Gasteiger charge is -2.14. The maximum absolute atomic E-state index is 13.4. The molecule has 1 aromatic carbocycles. The Hall–Kier alpha value is -1.84. The Morgan fingerprint density at radius 1 is 1.35 bits per heavy atom. The molecule has 0 spiro atoms. The van der Waals surface area contributed by atoms with E-state index in [2.05, 4.69) is 24.1 Å². The summed E-state index contributed by atoms with van der Waals surface area (Å²) in [7, 11) is 0. The fraction of sp³-hybridized carbons (Fsp3) is 0.308. The number of rotatable bonds is 3. The number of imidazole rings is 1. The lowest BCUT2D eigenvalue weighted by Crippen LogP contribution is -2.06. The molecule has 90 valence electrons. The standard InChI is InChI=1S/C13H16FN3/c1-9(2)17-8-7-15-13(17)16-12-6-4-5-11(14)10(12)3/h4-9H,1-3H3,(H,15,16). The van der Waals surface area contributed by atoms with Crippen LogP contribution in [0.25, 0.3) is 0 Å². The van der Waals surface area contributed by atoms with Gasteiger partial charge in [0.15, 0.2) is 0 Å². The van der Waals surface area contributed by atoms with Crippen molar-refractivity contribution in [1.82, 2.24) is 9.55 Å². The van der Waals surface area contributed by atoms with Gasteiger partial charge >= 0.3 is 0 Å². The monoisotopic (exact) mass is 233 g/mol. The molecule has 1 heterocycles. The van der Waals surface area contributed by atoms with Crippen LogP contribution in [0.3, 0.4) is 0 Å². The molecule has 0 atom stereocenters. The van der Waals surface area contributed by atoms with Crippen LogP contribution >= 0.6 is 0 Å². The van der Waals surface area contributed by atoms with E-state index in [4.69, 9.17) is 0 Å². The molecule has 17 heavy (non-hydrogen) atoms. The summed E-state index contributed by atoms with van der Waals surface area (Å²) in [6.45, 7) is 5.90. The minimum absolute atomic E-state index is 0.211. The van der Waals surface area contributed by atoms with Gasteiger partial charge in [-0.05, 0) is 32.9 Å². The quantitative estimate of drug-likeness (QED) is 0.876. The number of nitrogens with one attached hydrogen (secondary N) is 1. The van der Waals surface area contributed by atoms with Crippen LogP contribution in [0, 0.1) is 12.7 Å². The number of anilines is 2. The third-order valence-corrected chi connectivity index (χ3v) is 2.74. The Balaban J connectivity index is 2.32. The first kappa shape index (κ1) is 11.6. The molecule has 0 saturated carbocycles. The van der Waals surface area contributed by atoms with E-state index in [1.54, 1.807) is 19.2 Å². The van der Waals surface area contributed by atoms with E-state index in [1.807, 2.05) is 16.8 Å². The van der Waals surface area contributed by atoms with Crippen molar-refractivity contribution in [1.29, 1.82) is 0 Å². The summed E-state index contributed by atoms with van der Waals surface area (Å²) >= 11 is 0. The van der Waals surface area contributed by atoms with Gasteiger partial charge in [0.2, 0.25) is 5.95 Å². The van der Waals surface area contributed by atoms with Gasteiger partial charge in [0.05, 0.1) is 0 Å².